The third-order valence-corrected chi connectivity index (χ3v) is 1.19. The van der Waals surface area contributed by atoms with E-state index >= 15 is 0 Å². The fraction of sp³-hybridized carbons (Fsp3) is 0.500. The van der Waals surface area contributed by atoms with Crippen molar-refractivity contribution in [1.29, 1.82) is 0 Å². The smallest absolute Gasteiger partial charge is 0.344 e. The van der Waals surface area contributed by atoms with Crippen LogP contribution in [-0.4, -0.2) is 32.1 Å². The fourth-order valence-corrected chi connectivity index (χ4v) is 0.576. The van der Waals surface area contributed by atoms with Gasteiger partial charge in [0.2, 0.25) is 5.78 Å². The molecular weight excluding hydrogens is 179 g/mol. The quantitative estimate of drug-likeness (QED) is 0.209. The molecule has 0 aromatic carbocycles. The van der Waals surface area contributed by atoms with Gasteiger partial charge in [0.1, 0.15) is 11.8 Å². The summed E-state index contributed by atoms with van der Waals surface area (Å²) in [5.74, 6) is -1.84. The van der Waals surface area contributed by atoms with Crippen LogP contribution in [0.1, 0.15) is 6.92 Å². The standard InChI is InChI=1S/C8H11FO4/c1-3-13-5-6(7(10)4-9)8(11)12-2/h5H,3-4H2,1-2H3. The van der Waals surface area contributed by atoms with Crippen LogP contribution < -0.4 is 0 Å². The normalized spacial score (nSPS) is 10.8. The van der Waals surface area contributed by atoms with E-state index < -0.39 is 24.0 Å². The fourth-order valence-electron chi connectivity index (χ4n) is 0.576. The van der Waals surface area contributed by atoms with Crippen LogP contribution >= 0.6 is 0 Å². The number of ether oxygens (including phenoxy) is 2. The summed E-state index contributed by atoms with van der Waals surface area (Å²) in [7, 11) is 1.10. The highest BCUT2D eigenvalue weighted by molar-refractivity contribution is 6.17. The highest BCUT2D eigenvalue weighted by Gasteiger charge is 2.18. The van der Waals surface area contributed by atoms with Gasteiger partial charge >= 0.3 is 5.97 Å². The number of rotatable bonds is 5. The molecule has 0 saturated carbocycles. The average Bonchev–Trinajstić information content (AvgIpc) is 2.17. The lowest BCUT2D eigenvalue weighted by Crippen LogP contribution is -2.16. The molecule has 0 aliphatic carbocycles. The van der Waals surface area contributed by atoms with Crippen molar-refractivity contribution in [3.05, 3.63) is 11.8 Å². The molecule has 0 radical (unpaired) electrons. The Kier molecular flexibility index (Phi) is 5.50. The minimum absolute atomic E-state index is 0.292. The van der Waals surface area contributed by atoms with Crippen molar-refractivity contribution < 1.29 is 23.5 Å². The van der Waals surface area contributed by atoms with Gasteiger partial charge in [0.05, 0.1) is 13.7 Å². The van der Waals surface area contributed by atoms with Gasteiger partial charge < -0.3 is 9.47 Å². The second kappa shape index (κ2) is 6.16. The van der Waals surface area contributed by atoms with E-state index in [9.17, 15) is 14.0 Å². The van der Waals surface area contributed by atoms with Crippen LogP contribution in [0.25, 0.3) is 0 Å². The Morgan fingerprint density at radius 1 is 1.46 bits per heavy atom. The van der Waals surface area contributed by atoms with E-state index in [1.54, 1.807) is 6.92 Å². The van der Waals surface area contributed by atoms with Crippen LogP contribution in [0.4, 0.5) is 4.39 Å². The Balaban J connectivity index is 4.54. The van der Waals surface area contributed by atoms with E-state index in [1.807, 2.05) is 0 Å². The highest BCUT2D eigenvalue weighted by Crippen LogP contribution is 2.01. The largest absolute Gasteiger partial charge is 0.500 e. The molecule has 0 atom stereocenters. The highest BCUT2D eigenvalue weighted by atomic mass is 19.1. The van der Waals surface area contributed by atoms with Crippen molar-refractivity contribution in [2.75, 3.05) is 20.4 Å². The molecule has 0 amide bonds. The predicted molar refractivity (Wildman–Crippen MR) is 42.7 cm³/mol. The first-order valence-electron chi connectivity index (χ1n) is 3.66. The van der Waals surface area contributed by atoms with Crippen LogP contribution in [0.3, 0.4) is 0 Å². The van der Waals surface area contributed by atoms with E-state index in [2.05, 4.69) is 4.74 Å². The van der Waals surface area contributed by atoms with Gasteiger partial charge in [-0.3, -0.25) is 4.79 Å². The summed E-state index contributed by atoms with van der Waals surface area (Å²) in [5.41, 5.74) is -0.410. The Morgan fingerprint density at radius 3 is 2.46 bits per heavy atom. The number of ketones is 1. The molecular formula is C8H11FO4. The number of Topliss-reactive ketones (excluding diaryl/α,β-unsaturated/α-hetero) is 1. The molecule has 0 aliphatic heterocycles. The molecule has 0 unspecified atom stereocenters. The molecule has 0 rings (SSSR count). The molecule has 0 aromatic heterocycles. The van der Waals surface area contributed by atoms with Crippen molar-refractivity contribution >= 4 is 11.8 Å². The van der Waals surface area contributed by atoms with Crippen LogP contribution in [0.15, 0.2) is 11.8 Å². The third kappa shape index (κ3) is 3.68. The Hall–Kier alpha value is -1.39. The Morgan fingerprint density at radius 2 is 2.08 bits per heavy atom. The molecule has 0 heterocycles. The molecule has 0 fully saturated rings. The van der Waals surface area contributed by atoms with E-state index in [4.69, 9.17) is 4.74 Å². The average molecular weight is 190 g/mol. The molecule has 0 spiro atoms. The van der Waals surface area contributed by atoms with Crippen molar-refractivity contribution in [2.24, 2.45) is 0 Å². The zero-order valence-corrected chi connectivity index (χ0v) is 7.50. The van der Waals surface area contributed by atoms with Gasteiger partial charge in [-0.05, 0) is 6.92 Å². The van der Waals surface area contributed by atoms with Crippen molar-refractivity contribution in [3.8, 4) is 0 Å². The number of hydrogen-bond acceptors (Lipinski definition) is 4. The molecule has 0 saturated heterocycles. The Labute approximate surface area is 75.3 Å². The van der Waals surface area contributed by atoms with E-state index in [1.165, 1.54) is 0 Å². The molecule has 0 aliphatic rings. The second-order valence-corrected chi connectivity index (χ2v) is 2.04. The number of hydrogen-bond donors (Lipinski definition) is 0. The number of halogens is 1. The predicted octanol–water partition coefficient (Wildman–Crippen LogP) is 0.618. The van der Waals surface area contributed by atoms with Crippen LogP contribution in [0.5, 0.6) is 0 Å². The number of methoxy groups -OCH3 is 1. The summed E-state index contributed by atoms with van der Waals surface area (Å²) in [4.78, 5) is 21.7. The molecule has 0 aromatic rings. The first kappa shape index (κ1) is 11.6. The lowest BCUT2D eigenvalue weighted by atomic mass is 10.2. The van der Waals surface area contributed by atoms with Gasteiger partial charge in [-0.2, -0.15) is 0 Å². The van der Waals surface area contributed by atoms with Gasteiger partial charge in [0, 0.05) is 0 Å². The lowest BCUT2D eigenvalue weighted by Gasteiger charge is -2.01. The van der Waals surface area contributed by atoms with E-state index in [0.29, 0.717) is 6.61 Å². The van der Waals surface area contributed by atoms with Crippen molar-refractivity contribution in [3.63, 3.8) is 0 Å². The van der Waals surface area contributed by atoms with Crippen LogP contribution in [0.2, 0.25) is 0 Å². The van der Waals surface area contributed by atoms with Gasteiger partial charge in [0.25, 0.3) is 0 Å². The summed E-state index contributed by atoms with van der Waals surface area (Å²) in [6.45, 7) is 0.722. The van der Waals surface area contributed by atoms with Crippen molar-refractivity contribution in [2.45, 2.75) is 6.92 Å². The molecule has 0 bridgehead atoms. The first-order valence-corrected chi connectivity index (χ1v) is 3.66. The SMILES string of the molecule is CCOC=C(C(=O)CF)C(=O)OC. The van der Waals surface area contributed by atoms with Crippen LogP contribution in [-0.2, 0) is 19.1 Å². The molecule has 4 nitrogen and oxygen atoms in total. The van der Waals surface area contributed by atoms with Gasteiger partial charge in [-0.1, -0.05) is 0 Å². The Bertz CT molecular complexity index is 204. The lowest BCUT2D eigenvalue weighted by molar-refractivity contribution is -0.138. The van der Waals surface area contributed by atoms with Crippen molar-refractivity contribution in [1.82, 2.24) is 0 Å². The number of alkyl halides is 1. The monoisotopic (exact) mass is 190 g/mol. The minimum atomic E-state index is -1.24. The van der Waals surface area contributed by atoms with Crippen LogP contribution in [0, 0.1) is 0 Å². The maximum atomic E-state index is 11.9. The van der Waals surface area contributed by atoms with Gasteiger partial charge in [-0.15, -0.1) is 0 Å². The summed E-state index contributed by atoms with van der Waals surface area (Å²) >= 11 is 0. The topological polar surface area (TPSA) is 52.6 Å². The zero-order chi connectivity index (χ0) is 10.3. The van der Waals surface area contributed by atoms with E-state index in [0.717, 1.165) is 13.4 Å². The number of carbonyl (C=O) groups excluding carboxylic acids is 2. The van der Waals surface area contributed by atoms with E-state index in [-0.39, 0.29) is 0 Å². The summed E-state index contributed by atoms with van der Waals surface area (Å²) in [6, 6.07) is 0. The molecule has 5 heteroatoms. The first-order chi connectivity index (χ1) is 6.17. The third-order valence-electron chi connectivity index (χ3n) is 1.19. The second-order valence-electron chi connectivity index (χ2n) is 2.04. The summed E-state index contributed by atoms with van der Waals surface area (Å²) in [5, 5.41) is 0. The van der Waals surface area contributed by atoms with Gasteiger partial charge in [-0.25, -0.2) is 9.18 Å². The molecule has 13 heavy (non-hydrogen) atoms. The van der Waals surface area contributed by atoms with Gasteiger partial charge in [0.15, 0.2) is 6.67 Å². The molecule has 0 N–H and O–H groups in total. The summed E-state index contributed by atoms with van der Waals surface area (Å²) < 4.78 is 20.9. The maximum absolute atomic E-state index is 11.9. The maximum Gasteiger partial charge on any atom is 0.344 e. The zero-order valence-electron chi connectivity index (χ0n) is 7.50. The number of carbonyl (C=O) groups is 2. The number of esters is 1. The summed E-state index contributed by atoms with van der Waals surface area (Å²) in [6.07, 6.45) is 0.910. The molecule has 74 valence electrons. The minimum Gasteiger partial charge on any atom is -0.500 e.